The maximum atomic E-state index is 11.8. The fraction of sp³-hybridized carbons (Fsp3) is 0.333. The normalized spacial score (nSPS) is 11.1. The number of benzene rings is 2. The molecule has 6 nitrogen and oxygen atoms in total. The number of halogens is 1. The fourth-order valence-corrected chi connectivity index (χ4v) is 3.48. The van der Waals surface area contributed by atoms with Gasteiger partial charge < -0.3 is 20.9 Å². The Hall–Kier alpha value is -2.55. The van der Waals surface area contributed by atoms with Gasteiger partial charge in [-0.1, -0.05) is 30.3 Å². The van der Waals surface area contributed by atoms with Crippen LogP contribution in [0.5, 0.6) is 0 Å². The van der Waals surface area contributed by atoms with Crippen LogP contribution in [0.1, 0.15) is 34.8 Å². The number of hydrogen-bond donors (Lipinski definition) is 4. The third-order valence-corrected chi connectivity index (χ3v) is 5.02. The first-order chi connectivity index (χ1) is 14.7. The number of fused-ring (bicyclic) bond motifs is 1. The highest BCUT2D eigenvalue weighted by molar-refractivity contribution is 14.0. The number of carbonyl (C=O) groups excluding carboxylic acids is 1. The van der Waals surface area contributed by atoms with Crippen LogP contribution < -0.4 is 16.0 Å². The summed E-state index contributed by atoms with van der Waals surface area (Å²) in [7, 11) is 1.65. The summed E-state index contributed by atoms with van der Waals surface area (Å²) < 4.78 is 0. The van der Waals surface area contributed by atoms with Gasteiger partial charge in [-0.15, -0.1) is 24.0 Å². The summed E-state index contributed by atoms with van der Waals surface area (Å²) in [4.78, 5) is 19.8. The molecule has 0 aliphatic heterocycles. The van der Waals surface area contributed by atoms with Crippen molar-refractivity contribution in [2.24, 2.45) is 4.99 Å². The number of rotatable bonds is 9. The molecule has 0 saturated heterocycles. The number of guanidine groups is 1. The predicted octanol–water partition coefficient (Wildman–Crippen LogP) is 3.88. The highest BCUT2D eigenvalue weighted by Crippen LogP contribution is 2.18. The molecule has 0 saturated carbocycles. The minimum Gasteiger partial charge on any atom is -0.361 e. The standard InChI is InChI=1S/C24H31N5O.HI/c1-3-26-24(28-15-13-18-8-6-9-19(16-18)23(30)25-2)27-14-7-10-20-17-29-22-12-5-4-11-21(20)22;/h4-6,8-9,11-12,16-17,29H,3,7,10,13-15H2,1-2H3,(H,25,30)(H2,26,27,28);1H. The van der Waals surface area contributed by atoms with Crippen molar-refractivity contribution in [2.45, 2.75) is 26.2 Å². The van der Waals surface area contributed by atoms with Gasteiger partial charge in [-0.2, -0.15) is 0 Å². The average Bonchev–Trinajstić information content (AvgIpc) is 3.19. The van der Waals surface area contributed by atoms with Gasteiger partial charge in [-0.25, -0.2) is 0 Å². The van der Waals surface area contributed by atoms with Crippen LogP contribution in [0, 0.1) is 0 Å². The van der Waals surface area contributed by atoms with Gasteiger partial charge in [0, 0.05) is 49.3 Å². The number of hydrogen-bond acceptors (Lipinski definition) is 2. The van der Waals surface area contributed by atoms with Gasteiger partial charge in [-0.3, -0.25) is 9.79 Å². The number of H-pyrrole nitrogens is 1. The fourth-order valence-electron chi connectivity index (χ4n) is 3.48. The number of aromatic amines is 1. The Bertz CT molecular complexity index is 998. The zero-order valence-corrected chi connectivity index (χ0v) is 20.5. The number of para-hydroxylation sites is 1. The molecule has 0 atom stereocenters. The van der Waals surface area contributed by atoms with Crippen LogP contribution in [0.2, 0.25) is 0 Å². The molecule has 0 radical (unpaired) electrons. The van der Waals surface area contributed by atoms with Crippen LogP contribution in [-0.4, -0.2) is 43.5 Å². The molecule has 31 heavy (non-hydrogen) atoms. The van der Waals surface area contributed by atoms with Crippen LogP contribution in [0.3, 0.4) is 0 Å². The number of nitrogens with one attached hydrogen (secondary N) is 4. The molecule has 2 aromatic carbocycles. The summed E-state index contributed by atoms with van der Waals surface area (Å²) in [5.41, 5.74) is 4.34. The lowest BCUT2D eigenvalue weighted by Gasteiger charge is -2.11. The highest BCUT2D eigenvalue weighted by atomic mass is 127. The van der Waals surface area contributed by atoms with E-state index in [4.69, 9.17) is 4.99 Å². The van der Waals surface area contributed by atoms with Crippen molar-refractivity contribution in [3.8, 4) is 0 Å². The van der Waals surface area contributed by atoms with E-state index in [1.165, 1.54) is 16.5 Å². The molecule has 0 aliphatic rings. The summed E-state index contributed by atoms with van der Waals surface area (Å²) in [6, 6.07) is 16.1. The Morgan fingerprint density at radius 1 is 1.06 bits per heavy atom. The molecule has 0 fully saturated rings. The zero-order chi connectivity index (χ0) is 21.2. The van der Waals surface area contributed by atoms with Crippen LogP contribution in [0.25, 0.3) is 10.9 Å². The molecule has 0 bridgehead atoms. The van der Waals surface area contributed by atoms with Crippen molar-refractivity contribution in [1.29, 1.82) is 0 Å². The SMILES string of the molecule is CCNC(=NCCCc1c[nH]c2ccccc12)NCCc1cccc(C(=O)NC)c1.I. The second-order valence-corrected chi connectivity index (χ2v) is 7.18. The maximum absolute atomic E-state index is 11.8. The number of amides is 1. The van der Waals surface area contributed by atoms with Crippen molar-refractivity contribution in [2.75, 3.05) is 26.7 Å². The first-order valence-corrected chi connectivity index (χ1v) is 10.6. The minimum atomic E-state index is -0.0603. The molecule has 0 spiro atoms. The third-order valence-electron chi connectivity index (χ3n) is 5.02. The molecule has 1 aromatic heterocycles. The van der Waals surface area contributed by atoms with Gasteiger partial charge in [0.2, 0.25) is 0 Å². The Labute approximate surface area is 201 Å². The smallest absolute Gasteiger partial charge is 0.251 e. The summed E-state index contributed by atoms with van der Waals surface area (Å²) in [6.07, 6.45) is 4.92. The molecule has 0 aliphatic carbocycles. The van der Waals surface area contributed by atoms with Crippen molar-refractivity contribution in [3.63, 3.8) is 0 Å². The van der Waals surface area contributed by atoms with E-state index < -0.39 is 0 Å². The number of aromatic nitrogens is 1. The van der Waals surface area contributed by atoms with E-state index in [0.29, 0.717) is 5.56 Å². The molecular weight excluding hydrogens is 501 g/mol. The third kappa shape index (κ3) is 7.27. The van der Waals surface area contributed by atoms with Gasteiger partial charge in [0.25, 0.3) is 5.91 Å². The van der Waals surface area contributed by atoms with Gasteiger partial charge in [0.15, 0.2) is 5.96 Å². The molecule has 7 heteroatoms. The van der Waals surface area contributed by atoms with E-state index in [-0.39, 0.29) is 29.9 Å². The van der Waals surface area contributed by atoms with E-state index >= 15 is 0 Å². The zero-order valence-electron chi connectivity index (χ0n) is 18.2. The van der Waals surface area contributed by atoms with E-state index in [9.17, 15) is 4.79 Å². The lowest BCUT2D eigenvalue weighted by molar-refractivity contribution is 0.0963. The van der Waals surface area contributed by atoms with Crippen molar-refractivity contribution >= 4 is 46.7 Å². The van der Waals surface area contributed by atoms with E-state index in [1.54, 1.807) is 7.05 Å². The Balaban J connectivity index is 0.00000341. The van der Waals surface area contributed by atoms with E-state index in [1.807, 2.05) is 24.3 Å². The second-order valence-electron chi connectivity index (χ2n) is 7.18. The lowest BCUT2D eigenvalue weighted by atomic mass is 10.1. The summed E-state index contributed by atoms with van der Waals surface area (Å²) in [6.45, 7) is 4.41. The quantitative estimate of drug-likeness (QED) is 0.146. The monoisotopic (exact) mass is 533 g/mol. The lowest BCUT2D eigenvalue weighted by Crippen LogP contribution is -2.38. The van der Waals surface area contributed by atoms with Gasteiger partial charge in [0.05, 0.1) is 0 Å². The molecule has 3 rings (SSSR count). The number of carbonyl (C=O) groups is 1. The van der Waals surface area contributed by atoms with Gasteiger partial charge in [0.1, 0.15) is 0 Å². The Morgan fingerprint density at radius 3 is 2.71 bits per heavy atom. The first-order valence-electron chi connectivity index (χ1n) is 10.6. The largest absolute Gasteiger partial charge is 0.361 e. The average molecular weight is 533 g/mol. The van der Waals surface area contributed by atoms with Crippen LogP contribution >= 0.6 is 24.0 Å². The highest BCUT2D eigenvalue weighted by Gasteiger charge is 2.05. The summed E-state index contributed by atoms with van der Waals surface area (Å²) in [5, 5.41) is 10.6. The van der Waals surface area contributed by atoms with E-state index in [0.717, 1.165) is 50.4 Å². The minimum absolute atomic E-state index is 0. The molecule has 4 N–H and O–H groups in total. The number of aryl methyl sites for hydroxylation is 1. The van der Waals surface area contributed by atoms with Gasteiger partial charge >= 0.3 is 0 Å². The Morgan fingerprint density at radius 2 is 1.90 bits per heavy atom. The first kappa shape index (κ1) is 24.7. The summed E-state index contributed by atoms with van der Waals surface area (Å²) in [5.74, 6) is 0.772. The number of nitrogens with zero attached hydrogens (tertiary/aromatic N) is 1. The van der Waals surface area contributed by atoms with Crippen LogP contribution in [0.15, 0.2) is 59.7 Å². The summed E-state index contributed by atoms with van der Waals surface area (Å²) >= 11 is 0. The second kappa shape index (κ2) is 13.0. The maximum Gasteiger partial charge on any atom is 0.251 e. The molecular formula is C24H32IN5O. The molecule has 166 valence electrons. The topological polar surface area (TPSA) is 81.3 Å². The van der Waals surface area contributed by atoms with Crippen LogP contribution in [0.4, 0.5) is 0 Å². The van der Waals surface area contributed by atoms with E-state index in [2.05, 4.69) is 58.3 Å². The van der Waals surface area contributed by atoms with Crippen molar-refractivity contribution < 1.29 is 4.79 Å². The van der Waals surface area contributed by atoms with Crippen molar-refractivity contribution in [1.82, 2.24) is 20.9 Å². The van der Waals surface area contributed by atoms with Gasteiger partial charge in [-0.05, 0) is 55.5 Å². The molecule has 0 unspecified atom stereocenters. The van der Waals surface area contributed by atoms with Crippen LogP contribution in [-0.2, 0) is 12.8 Å². The number of aliphatic imine (C=N–C) groups is 1. The molecule has 1 heterocycles. The predicted molar refractivity (Wildman–Crippen MR) is 140 cm³/mol. The molecule has 3 aromatic rings. The molecule has 1 amide bonds. The van der Waals surface area contributed by atoms with Crippen molar-refractivity contribution in [3.05, 3.63) is 71.4 Å². The Kier molecular flexibility index (Phi) is 10.4.